The Bertz CT molecular complexity index is 744. The lowest BCUT2D eigenvalue weighted by molar-refractivity contribution is -0.274. The maximum absolute atomic E-state index is 12.4. The van der Waals surface area contributed by atoms with E-state index in [1.807, 2.05) is 0 Å². The van der Waals surface area contributed by atoms with Crippen LogP contribution in [0.2, 0.25) is 0 Å². The van der Waals surface area contributed by atoms with Crippen LogP contribution in [0.4, 0.5) is 22.0 Å². The van der Waals surface area contributed by atoms with E-state index >= 15 is 0 Å². The highest BCUT2D eigenvalue weighted by molar-refractivity contribution is 5.38. The summed E-state index contributed by atoms with van der Waals surface area (Å²) in [4.78, 5) is 2.18. The number of benzene rings is 2. The van der Waals surface area contributed by atoms with Gasteiger partial charge in [-0.2, -0.15) is 8.78 Å². The van der Waals surface area contributed by atoms with E-state index in [0.717, 1.165) is 37.3 Å². The fourth-order valence-electron chi connectivity index (χ4n) is 3.24. The van der Waals surface area contributed by atoms with Crippen molar-refractivity contribution in [1.29, 1.82) is 0 Å². The minimum absolute atomic E-state index is 0.0479. The molecule has 0 saturated carbocycles. The van der Waals surface area contributed by atoms with E-state index in [1.54, 1.807) is 24.3 Å². The smallest absolute Gasteiger partial charge is 0.435 e. The average molecular weight is 402 g/mol. The maximum atomic E-state index is 12.4. The van der Waals surface area contributed by atoms with Crippen molar-refractivity contribution in [2.75, 3.05) is 26.2 Å². The summed E-state index contributed by atoms with van der Waals surface area (Å²) in [6.45, 7) is 0.120. The second kappa shape index (κ2) is 8.74. The van der Waals surface area contributed by atoms with Gasteiger partial charge < -0.3 is 14.8 Å². The third-order valence-corrected chi connectivity index (χ3v) is 4.37. The largest absolute Gasteiger partial charge is 0.573 e. The molecule has 28 heavy (non-hydrogen) atoms. The van der Waals surface area contributed by atoms with Crippen LogP contribution in [-0.2, 0) is 0 Å². The van der Waals surface area contributed by atoms with Gasteiger partial charge in [0.1, 0.15) is 11.5 Å². The summed E-state index contributed by atoms with van der Waals surface area (Å²) < 4.78 is 70.2. The Balaban J connectivity index is 1.86. The minimum Gasteiger partial charge on any atom is -0.435 e. The van der Waals surface area contributed by atoms with E-state index in [2.05, 4.69) is 19.7 Å². The first kappa shape index (κ1) is 20.3. The number of hydrogen-bond acceptors (Lipinski definition) is 4. The molecule has 1 fully saturated rings. The predicted molar refractivity (Wildman–Crippen MR) is 92.5 cm³/mol. The Kier molecular flexibility index (Phi) is 6.35. The SMILES string of the molecule is FC(F)Oc1ccc([C@H](c2ccc(OC(F)(F)F)cc2)N2CCNCC2)cc1. The van der Waals surface area contributed by atoms with E-state index in [1.165, 1.54) is 24.3 Å². The van der Waals surface area contributed by atoms with Crippen molar-refractivity contribution in [2.45, 2.75) is 19.0 Å². The van der Waals surface area contributed by atoms with Gasteiger partial charge in [-0.25, -0.2) is 0 Å². The van der Waals surface area contributed by atoms with Crippen LogP contribution < -0.4 is 14.8 Å². The van der Waals surface area contributed by atoms with Crippen LogP contribution in [-0.4, -0.2) is 44.1 Å². The van der Waals surface area contributed by atoms with Crippen molar-refractivity contribution >= 4 is 0 Å². The molecule has 0 aliphatic carbocycles. The topological polar surface area (TPSA) is 33.7 Å². The van der Waals surface area contributed by atoms with Gasteiger partial charge in [-0.15, -0.1) is 13.2 Å². The molecule has 9 heteroatoms. The summed E-state index contributed by atoms with van der Waals surface area (Å²) in [5.41, 5.74) is 1.60. The zero-order valence-electron chi connectivity index (χ0n) is 14.8. The minimum atomic E-state index is -4.75. The van der Waals surface area contributed by atoms with E-state index in [9.17, 15) is 22.0 Å². The fraction of sp³-hybridized carbons (Fsp3) is 0.368. The number of halogens is 5. The van der Waals surface area contributed by atoms with Crippen LogP contribution in [0.25, 0.3) is 0 Å². The lowest BCUT2D eigenvalue weighted by Gasteiger charge is -2.35. The molecule has 1 atom stereocenters. The summed E-state index contributed by atoms with van der Waals surface area (Å²) >= 11 is 0. The molecule has 3 rings (SSSR count). The van der Waals surface area contributed by atoms with Gasteiger partial charge in [-0.3, -0.25) is 4.90 Å². The molecule has 2 aromatic carbocycles. The highest BCUT2D eigenvalue weighted by Gasteiger charge is 2.31. The molecule has 1 N–H and O–H groups in total. The Morgan fingerprint density at radius 2 is 1.32 bits per heavy atom. The number of nitrogens with zero attached hydrogens (tertiary/aromatic N) is 1. The maximum Gasteiger partial charge on any atom is 0.573 e. The third-order valence-electron chi connectivity index (χ3n) is 4.37. The Labute approximate surface area is 158 Å². The summed E-state index contributed by atoms with van der Waals surface area (Å²) in [6, 6.07) is 11.8. The van der Waals surface area contributed by atoms with Gasteiger partial charge in [-0.05, 0) is 35.4 Å². The number of piperazine rings is 1. The molecule has 0 radical (unpaired) electrons. The van der Waals surface area contributed by atoms with E-state index < -0.39 is 13.0 Å². The van der Waals surface area contributed by atoms with Crippen molar-refractivity contribution < 1.29 is 31.4 Å². The molecule has 1 saturated heterocycles. The lowest BCUT2D eigenvalue weighted by atomic mass is 9.96. The van der Waals surface area contributed by atoms with Crippen LogP contribution in [0, 0.1) is 0 Å². The number of rotatable bonds is 6. The molecule has 0 spiro atoms. The Morgan fingerprint density at radius 3 is 1.79 bits per heavy atom. The van der Waals surface area contributed by atoms with Gasteiger partial charge in [0, 0.05) is 26.2 Å². The van der Waals surface area contributed by atoms with Gasteiger partial charge in [-0.1, -0.05) is 24.3 Å². The van der Waals surface area contributed by atoms with Crippen LogP contribution >= 0.6 is 0 Å². The van der Waals surface area contributed by atoms with Gasteiger partial charge in [0.2, 0.25) is 0 Å². The molecule has 4 nitrogen and oxygen atoms in total. The van der Waals surface area contributed by atoms with Crippen LogP contribution in [0.1, 0.15) is 17.2 Å². The molecule has 0 bridgehead atoms. The van der Waals surface area contributed by atoms with Gasteiger partial charge in [0.05, 0.1) is 6.04 Å². The van der Waals surface area contributed by atoms with Gasteiger partial charge in [0.15, 0.2) is 0 Å². The second-order valence-corrected chi connectivity index (χ2v) is 6.25. The highest BCUT2D eigenvalue weighted by Crippen LogP contribution is 2.32. The van der Waals surface area contributed by atoms with Crippen molar-refractivity contribution in [3.05, 3.63) is 59.7 Å². The first-order valence-corrected chi connectivity index (χ1v) is 8.67. The molecule has 1 heterocycles. The molecule has 0 amide bonds. The molecule has 1 aliphatic rings. The summed E-state index contributed by atoms with van der Waals surface area (Å²) in [6.07, 6.45) is -4.75. The Morgan fingerprint density at radius 1 is 0.821 bits per heavy atom. The summed E-state index contributed by atoms with van der Waals surface area (Å²) in [5.74, 6) is -0.247. The quantitative estimate of drug-likeness (QED) is 0.735. The average Bonchev–Trinajstić information content (AvgIpc) is 2.64. The van der Waals surface area contributed by atoms with Gasteiger partial charge in [0.25, 0.3) is 0 Å². The standard InChI is InChI=1S/C19H19F5N2O2/c20-18(21)27-15-5-1-13(2-6-15)17(26-11-9-25-10-12-26)14-3-7-16(8-4-14)28-19(22,23)24/h1-8,17-18,25H,9-12H2/t17-/m1/s1. The van der Waals surface area contributed by atoms with Crippen LogP contribution in [0.5, 0.6) is 11.5 Å². The normalized spacial score (nSPS) is 16.8. The van der Waals surface area contributed by atoms with Crippen molar-refractivity contribution in [3.8, 4) is 11.5 Å². The molecule has 2 aromatic rings. The van der Waals surface area contributed by atoms with Crippen molar-refractivity contribution in [1.82, 2.24) is 10.2 Å². The zero-order chi connectivity index (χ0) is 20.1. The highest BCUT2D eigenvalue weighted by atomic mass is 19.4. The molecular formula is C19H19F5N2O2. The zero-order valence-corrected chi connectivity index (χ0v) is 14.8. The van der Waals surface area contributed by atoms with Gasteiger partial charge >= 0.3 is 13.0 Å². The van der Waals surface area contributed by atoms with Crippen LogP contribution in [0.3, 0.4) is 0 Å². The summed E-state index contributed by atoms with van der Waals surface area (Å²) in [7, 11) is 0. The van der Waals surface area contributed by atoms with Crippen molar-refractivity contribution in [2.24, 2.45) is 0 Å². The second-order valence-electron chi connectivity index (χ2n) is 6.25. The Hall–Kier alpha value is -2.39. The molecule has 0 unspecified atom stereocenters. The summed E-state index contributed by atoms with van der Waals surface area (Å²) in [5, 5.41) is 3.25. The monoisotopic (exact) mass is 402 g/mol. The van der Waals surface area contributed by atoms with Crippen molar-refractivity contribution in [3.63, 3.8) is 0 Å². The lowest BCUT2D eigenvalue weighted by Crippen LogP contribution is -2.45. The number of hydrogen-bond donors (Lipinski definition) is 1. The van der Waals surface area contributed by atoms with E-state index in [-0.39, 0.29) is 17.5 Å². The first-order chi connectivity index (χ1) is 13.3. The van der Waals surface area contributed by atoms with Crippen LogP contribution in [0.15, 0.2) is 48.5 Å². The molecular weight excluding hydrogens is 383 g/mol. The molecule has 152 valence electrons. The number of nitrogens with one attached hydrogen (secondary N) is 1. The van der Waals surface area contributed by atoms with E-state index in [0.29, 0.717) is 0 Å². The predicted octanol–water partition coefficient (Wildman–Crippen LogP) is 4.18. The molecule has 0 aromatic heterocycles. The fourth-order valence-corrected chi connectivity index (χ4v) is 3.24. The first-order valence-electron chi connectivity index (χ1n) is 8.67. The number of alkyl halides is 5. The third kappa shape index (κ3) is 5.56. The van der Waals surface area contributed by atoms with E-state index in [4.69, 9.17) is 0 Å². The molecule has 1 aliphatic heterocycles. The number of ether oxygens (including phenoxy) is 2.